The predicted molar refractivity (Wildman–Crippen MR) is 78.4 cm³/mol. The Kier molecular flexibility index (Phi) is 4.83. The van der Waals surface area contributed by atoms with Crippen molar-refractivity contribution >= 4 is 17.5 Å². The van der Waals surface area contributed by atoms with Crippen LogP contribution in [0.5, 0.6) is 0 Å². The molecule has 0 bridgehead atoms. The fourth-order valence-corrected chi connectivity index (χ4v) is 2.58. The van der Waals surface area contributed by atoms with E-state index >= 15 is 0 Å². The highest BCUT2D eigenvalue weighted by molar-refractivity contribution is 6.31. The lowest BCUT2D eigenvalue weighted by Crippen LogP contribution is -2.58. The standard InChI is InChI=1S/C15H21ClN2O/c1-10(2)17-13-7-8-14(13)18-15(19)9-11-5-3-4-6-12(11)16/h3-6,10,13-14,17H,7-9H2,1-2H3,(H,18,19)/t13-,14+/m1/s1. The molecule has 1 aliphatic carbocycles. The molecule has 0 unspecified atom stereocenters. The highest BCUT2D eigenvalue weighted by Crippen LogP contribution is 2.21. The molecule has 4 heteroatoms. The molecule has 2 atom stereocenters. The van der Waals surface area contributed by atoms with Crippen LogP contribution in [0, 0.1) is 0 Å². The Morgan fingerprint density at radius 3 is 2.58 bits per heavy atom. The molecule has 1 fully saturated rings. The van der Waals surface area contributed by atoms with E-state index in [1.807, 2.05) is 24.3 Å². The van der Waals surface area contributed by atoms with Gasteiger partial charge in [0.1, 0.15) is 0 Å². The van der Waals surface area contributed by atoms with Gasteiger partial charge >= 0.3 is 0 Å². The molecule has 0 heterocycles. The van der Waals surface area contributed by atoms with Gasteiger partial charge in [0, 0.05) is 23.1 Å². The number of hydrogen-bond acceptors (Lipinski definition) is 2. The summed E-state index contributed by atoms with van der Waals surface area (Å²) in [7, 11) is 0. The van der Waals surface area contributed by atoms with Crippen molar-refractivity contribution in [1.29, 1.82) is 0 Å². The van der Waals surface area contributed by atoms with Gasteiger partial charge in [-0.15, -0.1) is 0 Å². The van der Waals surface area contributed by atoms with Crippen molar-refractivity contribution < 1.29 is 4.79 Å². The van der Waals surface area contributed by atoms with Gasteiger partial charge in [0.2, 0.25) is 5.91 Å². The van der Waals surface area contributed by atoms with Gasteiger partial charge in [0.25, 0.3) is 0 Å². The maximum Gasteiger partial charge on any atom is 0.224 e. The van der Waals surface area contributed by atoms with Crippen molar-refractivity contribution in [2.24, 2.45) is 0 Å². The van der Waals surface area contributed by atoms with Gasteiger partial charge in [-0.1, -0.05) is 43.6 Å². The number of benzene rings is 1. The van der Waals surface area contributed by atoms with Crippen molar-refractivity contribution in [2.45, 2.75) is 51.2 Å². The van der Waals surface area contributed by atoms with E-state index in [-0.39, 0.29) is 11.9 Å². The third-order valence-electron chi connectivity index (χ3n) is 3.48. The normalized spacial score (nSPS) is 22.1. The summed E-state index contributed by atoms with van der Waals surface area (Å²) < 4.78 is 0. The zero-order valence-corrected chi connectivity index (χ0v) is 12.2. The maximum absolute atomic E-state index is 12.0. The minimum atomic E-state index is 0.0494. The summed E-state index contributed by atoms with van der Waals surface area (Å²) in [6.07, 6.45) is 2.54. The SMILES string of the molecule is CC(C)N[C@@H]1CC[C@@H]1NC(=O)Cc1ccccc1Cl. The number of rotatable bonds is 5. The Bertz CT molecular complexity index is 448. The topological polar surface area (TPSA) is 41.1 Å². The molecule has 1 amide bonds. The molecule has 104 valence electrons. The van der Waals surface area contributed by atoms with E-state index in [4.69, 9.17) is 11.6 Å². The molecule has 1 saturated carbocycles. The fourth-order valence-electron chi connectivity index (χ4n) is 2.37. The summed E-state index contributed by atoms with van der Waals surface area (Å²) in [6.45, 7) is 4.25. The monoisotopic (exact) mass is 280 g/mol. The number of carbonyl (C=O) groups excluding carboxylic acids is 1. The minimum absolute atomic E-state index is 0.0494. The Morgan fingerprint density at radius 2 is 2.00 bits per heavy atom. The van der Waals surface area contributed by atoms with Crippen LogP contribution >= 0.6 is 11.6 Å². The van der Waals surface area contributed by atoms with Crippen LogP contribution in [0.25, 0.3) is 0 Å². The number of hydrogen-bond donors (Lipinski definition) is 2. The average molecular weight is 281 g/mol. The maximum atomic E-state index is 12.0. The molecule has 0 spiro atoms. The van der Waals surface area contributed by atoms with Crippen LogP contribution in [-0.2, 0) is 11.2 Å². The highest BCUT2D eigenvalue weighted by atomic mass is 35.5. The first kappa shape index (κ1) is 14.4. The molecule has 0 radical (unpaired) electrons. The van der Waals surface area contributed by atoms with Crippen LogP contribution in [-0.4, -0.2) is 24.0 Å². The molecule has 2 N–H and O–H groups in total. The average Bonchev–Trinajstić information content (AvgIpc) is 2.35. The minimum Gasteiger partial charge on any atom is -0.352 e. The van der Waals surface area contributed by atoms with Gasteiger partial charge in [0.05, 0.1) is 6.42 Å². The predicted octanol–water partition coefficient (Wildman–Crippen LogP) is 2.53. The summed E-state index contributed by atoms with van der Waals surface area (Å²) in [5.74, 6) is 0.0494. The van der Waals surface area contributed by atoms with E-state index in [9.17, 15) is 4.79 Å². The molecular formula is C15H21ClN2O. The molecule has 0 saturated heterocycles. The molecule has 0 aliphatic heterocycles. The summed E-state index contributed by atoms with van der Waals surface area (Å²) >= 11 is 6.06. The molecule has 19 heavy (non-hydrogen) atoms. The molecule has 3 nitrogen and oxygen atoms in total. The van der Waals surface area contributed by atoms with Crippen molar-refractivity contribution in [3.05, 3.63) is 34.9 Å². The first-order chi connectivity index (χ1) is 9.06. The fraction of sp³-hybridized carbons (Fsp3) is 0.533. The van der Waals surface area contributed by atoms with Gasteiger partial charge in [-0.25, -0.2) is 0 Å². The highest BCUT2D eigenvalue weighted by Gasteiger charge is 2.32. The molecule has 1 aliphatic rings. The second-order valence-electron chi connectivity index (χ2n) is 5.45. The summed E-state index contributed by atoms with van der Waals surface area (Å²) in [5.41, 5.74) is 0.884. The van der Waals surface area contributed by atoms with Crippen molar-refractivity contribution in [3.63, 3.8) is 0 Å². The zero-order chi connectivity index (χ0) is 13.8. The van der Waals surface area contributed by atoms with Crippen LogP contribution in [0.15, 0.2) is 24.3 Å². The van der Waals surface area contributed by atoms with Crippen LogP contribution in [0.3, 0.4) is 0 Å². The van der Waals surface area contributed by atoms with Crippen molar-refractivity contribution in [1.82, 2.24) is 10.6 Å². The quantitative estimate of drug-likeness (QED) is 0.870. The number of carbonyl (C=O) groups is 1. The second kappa shape index (κ2) is 6.40. The number of halogens is 1. The molecule has 2 rings (SSSR count). The number of amides is 1. The molecule has 1 aromatic rings. The van der Waals surface area contributed by atoms with E-state index < -0.39 is 0 Å². The van der Waals surface area contributed by atoms with Gasteiger partial charge in [-0.2, -0.15) is 0 Å². The lowest BCUT2D eigenvalue weighted by Gasteiger charge is -2.39. The summed E-state index contributed by atoms with van der Waals surface area (Å²) in [6, 6.07) is 8.61. The lowest BCUT2D eigenvalue weighted by molar-refractivity contribution is -0.122. The first-order valence-corrected chi connectivity index (χ1v) is 7.23. The molecule has 0 aromatic heterocycles. The van der Waals surface area contributed by atoms with E-state index in [0.29, 0.717) is 23.5 Å². The third-order valence-corrected chi connectivity index (χ3v) is 3.85. The van der Waals surface area contributed by atoms with Crippen molar-refractivity contribution in [2.75, 3.05) is 0 Å². The Morgan fingerprint density at radius 1 is 1.32 bits per heavy atom. The number of nitrogens with one attached hydrogen (secondary N) is 2. The van der Waals surface area contributed by atoms with Crippen LogP contribution in [0.1, 0.15) is 32.3 Å². The Balaban J connectivity index is 1.83. The van der Waals surface area contributed by atoms with Crippen LogP contribution in [0.2, 0.25) is 5.02 Å². The van der Waals surface area contributed by atoms with E-state index in [2.05, 4.69) is 24.5 Å². The van der Waals surface area contributed by atoms with Crippen LogP contribution in [0.4, 0.5) is 0 Å². The third kappa shape index (κ3) is 3.95. The Hall–Kier alpha value is -1.06. The molecule has 1 aromatic carbocycles. The lowest BCUT2D eigenvalue weighted by atomic mass is 9.85. The first-order valence-electron chi connectivity index (χ1n) is 6.85. The smallest absolute Gasteiger partial charge is 0.224 e. The van der Waals surface area contributed by atoms with Gasteiger partial charge < -0.3 is 10.6 Å². The zero-order valence-electron chi connectivity index (χ0n) is 11.4. The second-order valence-corrected chi connectivity index (χ2v) is 5.85. The Labute approximate surface area is 119 Å². The molecular weight excluding hydrogens is 260 g/mol. The summed E-state index contributed by atoms with van der Waals surface area (Å²) in [4.78, 5) is 12.0. The van der Waals surface area contributed by atoms with E-state index in [0.717, 1.165) is 18.4 Å². The van der Waals surface area contributed by atoms with Crippen LogP contribution < -0.4 is 10.6 Å². The van der Waals surface area contributed by atoms with Crippen molar-refractivity contribution in [3.8, 4) is 0 Å². The van der Waals surface area contributed by atoms with E-state index in [1.54, 1.807) is 0 Å². The van der Waals surface area contributed by atoms with Gasteiger partial charge in [-0.05, 0) is 24.5 Å². The summed E-state index contributed by atoms with van der Waals surface area (Å²) in [5, 5.41) is 7.21. The van der Waals surface area contributed by atoms with Gasteiger partial charge in [0.15, 0.2) is 0 Å². The van der Waals surface area contributed by atoms with E-state index in [1.165, 1.54) is 0 Å². The largest absolute Gasteiger partial charge is 0.352 e. The van der Waals surface area contributed by atoms with Gasteiger partial charge in [-0.3, -0.25) is 4.79 Å².